The molecule has 0 saturated carbocycles. The lowest BCUT2D eigenvalue weighted by atomic mass is 10.1. The largest absolute Gasteiger partial charge is 0.385 e. The highest BCUT2D eigenvalue weighted by atomic mass is 16.5. The molecule has 0 heterocycles. The van der Waals surface area contributed by atoms with Crippen LogP contribution in [-0.2, 0) is 9.53 Å². The van der Waals surface area contributed by atoms with E-state index in [2.05, 4.69) is 21.3 Å². The molecule has 0 aliphatic rings. The molecule has 0 radical (unpaired) electrons. The van der Waals surface area contributed by atoms with Gasteiger partial charge in [-0.15, -0.1) is 0 Å². The monoisotopic (exact) mass is 440 g/mol. The predicted molar refractivity (Wildman–Crippen MR) is 126 cm³/mol. The molecule has 172 valence electrons. The van der Waals surface area contributed by atoms with Crippen LogP contribution < -0.4 is 21.3 Å². The van der Waals surface area contributed by atoms with E-state index in [0.717, 1.165) is 6.42 Å². The minimum absolute atomic E-state index is 0.0338. The maximum atomic E-state index is 12.3. The first-order valence-electron chi connectivity index (χ1n) is 10.5. The molecule has 8 heteroatoms. The van der Waals surface area contributed by atoms with E-state index in [9.17, 15) is 14.4 Å². The Bertz CT molecular complexity index is 920. The fourth-order valence-electron chi connectivity index (χ4n) is 2.80. The molecule has 0 fully saturated rings. The number of ether oxygens (including phenoxy) is 1. The van der Waals surface area contributed by atoms with Gasteiger partial charge in [0.25, 0.3) is 11.8 Å². The van der Waals surface area contributed by atoms with Crippen LogP contribution in [0.4, 0.5) is 11.4 Å². The van der Waals surface area contributed by atoms with Crippen molar-refractivity contribution < 1.29 is 19.1 Å². The number of amides is 3. The van der Waals surface area contributed by atoms with Gasteiger partial charge in [-0.25, -0.2) is 0 Å². The Labute approximate surface area is 189 Å². The van der Waals surface area contributed by atoms with Crippen molar-refractivity contribution in [1.29, 1.82) is 0 Å². The third kappa shape index (κ3) is 8.77. The highest BCUT2D eigenvalue weighted by Gasteiger charge is 2.15. The third-order valence-electron chi connectivity index (χ3n) is 4.31. The van der Waals surface area contributed by atoms with Crippen LogP contribution in [0.1, 0.15) is 47.9 Å². The number of benzene rings is 2. The summed E-state index contributed by atoms with van der Waals surface area (Å²) in [5, 5.41) is 11.5. The number of hydrogen-bond donors (Lipinski definition) is 4. The van der Waals surface area contributed by atoms with Gasteiger partial charge in [-0.2, -0.15) is 0 Å². The van der Waals surface area contributed by atoms with Gasteiger partial charge < -0.3 is 26.0 Å². The summed E-state index contributed by atoms with van der Waals surface area (Å²) in [7, 11) is 1.62. The van der Waals surface area contributed by atoms with Gasteiger partial charge in [0, 0.05) is 48.3 Å². The molecule has 0 saturated heterocycles. The van der Waals surface area contributed by atoms with Crippen molar-refractivity contribution in [3.05, 3.63) is 59.7 Å². The van der Waals surface area contributed by atoms with Crippen LogP contribution in [-0.4, -0.2) is 50.1 Å². The average Bonchev–Trinajstić information content (AvgIpc) is 2.75. The number of carbonyl (C=O) groups excluding carboxylic acids is 3. The first kappa shape index (κ1) is 24.9. The fourth-order valence-corrected chi connectivity index (χ4v) is 2.80. The summed E-state index contributed by atoms with van der Waals surface area (Å²) in [4.78, 5) is 36.6. The van der Waals surface area contributed by atoms with Crippen molar-refractivity contribution in [2.75, 3.05) is 37.4 Å². The Balaban J connectivity index is 1.84. The third-order valence-corrected chi connectivity index (χ3v) is 4.31. The zero-order valence-corrected chi connectivity index (χ0v) is 19.1. The van der Waals surface area contributed by atoms with E-state index in [-0.39, 0.29) is 29.8 Å². The van der Waals surface area contributed by atoms with Crippen molar-refractivity contribution >= 4 is 29.1 Å². The SMILES string of the molecule is COCCCNC(=O)c1ccc(NC(=O)CNc2cccc(C(=O)NC(C)(C)C)c2)cc1. The van der Waals surface area contributed by atoms with E-state index in [1.54, 1.807) is 55.6 Å². The topological polar surface area (TPSA) is 109 Å². The Kier molecular flexibility index (Phi) is 9.22. The van der Waals surface area contributed by atoms with Crippen LogP contribution >= 0.6 is 0 Å². The van der Waals surface area contributed by atoms with E-state index < -0.39 is 0 Å². The van der Waals surface area contributed by atoms with Gasteiger partial charge in [-0.1, -0.05) is 6.07 Å². The second-order valence-electron chi connectivity index (χ2n) is 8.37. The van der Waals surface area contributed by atoms with Crippen LogP contribution in [0.2, 0.25) is 0 Å². The number of hydrogen-bond acceptors (Lipinski definition) is 5. The predicted octanol–water partition coefficient (Wildman–Crippen LogP) is 3.03. The highest BCUT2D eigenvalue weighted by Crippen LogP contribution is 2.13. The molecule has 0 bridgehead atoms. The van der Waals surface area contributed by atoms with Gasteiger partial charge in [0.15, 0.2) is 0 Å². The molecule has 2 aromatic rings. The molecule has 0 spiro atoms. The van der Waals surface area contributed by atoms with E-state index in [4.69, 9.17) is 4.74 Å². The van der Waals surface area contributed by atoms with Crippen LogP contribution in [0, 0.1) is 0 Å². The summed E-state index contributed by atoms with van der Waals surface area (Å²) >= 11 is 0. The van der Waals surface area contributed by atoms with Gasteiger partial charge in [0.05, 0.1) is 6.54 Å². The molecule has 4 N–H and O–H groups in total. The number of nitrogens with one attached hydrogen (secondary N) is 4. The molecule has 0 aromatic heterocycles. The molecular weight excluding hydrogens is 408 g/mol. The standard InChI is InChI=1S/C24H32N4O4/c1-24(2,3)28-23(31)18-7-5-8-20(15-18)26-16-21(29)27-19-11-9-17(10-12-19)22(30)25-13-6-14-32-4/h5,7-12,15,26H,6,13-14,16H2,1-4H3,(H,25,30)(H,27,29)(H,28,31). The van der Waals surface area contributed by atoms with Gasteiger partial charge in [-0.3, -0.25) is 14.4 Å². The van der Waals surface area contributed by atoms with Crippen LogP contribution in [0.5, 0.6) is 0 Å². The number of anilines is 2. The number of methoxy groups -OCH3 is 1. The van der Waals surface area contributed by atoms with Gasteiger partial charge in [0.1, 0.15) is 0 Å². The van der Waals surface area contributed by atoms with E-state index in [1.807, 2.05) is 20.8 Å². The first-order chi connectivity index (χ1) is 15.2. The molecule has 32 heavy (non-hydrogen) atoms. The van der Waals surface area contributed by atoms with Gasteiger partial charge in [0.2, 0.25) is 5.91 Å². The zero-order valence-electron chi connectivity index (χ0n) is 19.1. The Hall–Kier alpha value is -3.39. The Morgan fingerprint density at radius 1 is 0.906 bits per heavy atom. The van der Waals surface area contributed by atoms with E-state index in [0.29, 0.717) is 35.7 Å². The van der Waals surface area contributed by atoms with Gasteiger partial charge >= 0.3 is 0 Å². The lowest BCUT2D eigenvalue weighted by molar-refractivity contribution is -0.114. The van der Waals surface area contributed by atoms with Crippen molar-refractivity contribution in [2.24, 2.45) is 0 Å². The summed E-state index contributed by atoms with van der Waals surface area (Å²) in [6.07, 6.45) is 0.744. The fraction of sp³-hybridized carbons (Fsp3) is 0.375. The molecule has 0 aliphatic carbocycles. The maximum absolute atomic E-state index is 12.3. The molecule has 8 nitrogen and oxygen atoms in total. The smallest absolute Gasteiger partial charge is 0.251 e. The first-order valence-corrected chi connectivity index (χ1v) is 10.5. The normalized spacial score (nSPS) is 10.9. The number of carbonyl (C=O) groups is 3. The van der Waals surface area contributed by atoms with Crippen LogP contribution in [0.3, 0.4) is 0 Å². The van der Waals surface area contributed by atoms with Crippen molar-refractivity contribution in [1.82, 2.24) is 10.6 Å². The molecule has 3 amide bonds. The summed E-state index contributed by atoms with van der Waals surface area (Å²) in [5.74, 6) is -0.587. The molecule has 0 atom stereocenters. The van der Waals surface area contributed by atoms with Crippen LogP contribution in [0.15, 0.2) is 48.5 Å². The molecule has 2 rings (SSSR count). The molecular formula is C24H32N4O4. The Morgan fingerprint density at radius 2 is 1.62 bits per heavy atom. The maximum Gasteiger partial charge on any atom is 0.251 e. The quantitative estimate of drug-likeness (QED) is 0.425. The molecule has 0 unspecified atom stereocenters. The minimum Gasteiger partial charge on any atom is -0.385 e. The minimum atomic E-state index is -0.333. The van der Waals surface area contributed by atoms with Crippen molar-refractivity contribution in [3.63, 3.8) is 0 Å². The molecule has 0 aliphatic heterocycles. The lowest BCUT2D eigenvalue weighted by Gasteiger charge is -2.20. The molecule has 2 aromatic carbocycles. The summed E-state index contributed by atoms with van der Waals surface area (Å²) in [5.41, 5.74) is 1.96. The average molecular weight is 441 g/mol. The summed E-state index contributed by atoms with van der Waals surface area (Å²) in [6.45, 7) is 6.91. The summed E-state index contributed by atoms with van der Waals surface area (Å²) < 4.78 is 4.95. The Morgan fingerprint density at radius 3 is 2.28 bits per heavy atom. The lowest BCUT2D eigenvalue weighted by Crippen LogP contribution is -2.40. The van der Waals surface area contributed by atoms with Crippen molar-refractivity contribution in [2.45, 2.75) is 32.7 Å². The van der Waals surface area contributed by atoms with Crippen molar-refractivity contribution in [3.8, 4) is 0 Å². The van der Waals surface area contributed by atoms with Crippen LogP contribution in [0.25, 0.3) is 0 Å². The van der Waals surface area contributed by atoms with Gasteiger partial charge in [-0.05, 0) is 69.7 Å². The van der Waals surface area contributed by atoms with E-state index >= 15 is 0 Å². The second-order valence-corrected chi connectivity index (χ2v) is 8.37. The number of rotatable bonds is 10. The van der Waals surface area contributed by atoms with E-state index in [1.165, 1.54) is 0 Å². The zero-order chi connectivity index (χ0) is 23.6. The summed E-state index contributed by atoms with van der Waals surface area (Å²) in [6, 6.07) is 13.7. The highest BCUT2D eigenvalue weighted by molar-refractivity contribution is 5.97. The second kappa shape index (κ2) is 11.9.